The molecule has 0 spiro atoms. The summed E-state index contributed by atoms with van der Waals surface area (Å²) >= 11 is 7.72. The molecular formula is C24H27ClN4OS. The molecule has 31 heavy (non-hydrogen) atoms. The second-order valence-electron chi connectivity index (χ2n) is 6.98. The number of amides is 1. The van der Waals surface area contributed by atoms with Gasteiger partial charge in [-0.25, -0.2) is 9.97 Å². The Morgan fingerprint density at radius 2 is 1.71 bits per heavy atom. The van der Waals surface area contributed by atoms with E-state index in [0.29, 0.717) is 28.2 Å². The summed E-state index contributed by atoms with van der Waals surface area (Å²) in [7, 11) is 0. The van der Waals surface area contributed by atoms with Gasteiger partial charge in [0.1, 0.15) is 11.0 Å². The van der Waals surface area contributed by atoms with Crippen molar-refractivity contribution < 1.29 is 4.79 Å². The number of carbonyl (C=O) groups excluding carboxylic acids is 1. The van der Waals surface area contributed by atoms with Crippen LogP contribution < -0.4 is 10.2 Å². The highest BCUT2D eigenvalue weighted by Gasteiger charge is 2.10. The molecule has 2 aromatic carbocycles. The van der Waals surface area contributed by atoms with Crippen molar-refractivity contribution in [2.75, 3.05) is 24.5 Å². The van der Waals surface area contributed by atoms with E-state index in [4.69, 9.17) is 11.6 Å². The van der Waals surface area contributed by atoms with Gasteiger partial charge in [-0.05, 0) is 43.5 Å². The van der Waals surface area contributed by atoms with Crippen molar-refractivity contribution in [2.24, 2.45) is 0 Å². The zero-order valence-corrected chi connectivity index (χ0v) is 19.4. The van der Waals surface area contributed by atoms with Gasteiger partial charge in [-0.1, -0.05) is 65.8 Å². The molecule has 0 aliphatic heterocycles. The maximum absolute atomic E-state index is 12.4. The molecule has 3 rings (SSSR count). The van der Waals surface area contributed by atoms with Gasteiger partial charge in [0.2, 0.25) is 0 Å². The molecule has 0 atom stereocenters. The number of halogens is 1. The van der Waals surface area contributed by atoms with Gasteiger partial charge in [-0.2, -0.15) is 0 Å². The van der Waals surface area contributed by atoms with Gasteiger partial charge in [0, 0.05) is 37.0 Å². The predicted molar refractivity (Wildman–Crippen MR) is 129 cm³/mol. The van der Waals surface area contributed by atoms with Crippen LogP contribution in [0.15, 0.2) is 65.8 Å². The Morgan fingerprint density at radius 1 is 1.00 bits per heavy atom. The molecule has 0 saturated carbocycles. The SMILES string of the molecule is CCN(CC)c1cc(Cl)nc(SCc2ccc(C(=O)NCCc3ccccc3)cc2)n1. The van der Waals surface area contributed by atoms with E-state index in [0.717, 1.165) is 30.9 Å². The predicted octanol–water partition coefficient (Wildman–Crippen LogP) is 5.24. The van der Waals surface area contributed by atoms with E-state index < -0.39 is 0 Å². The summed E-state index contributed by atoms with van der Waals surface area (Å²) in [4.78, 5) is 23.5. The normalized spacial score (nSPS) is 10.7. The lowest BCUT2D eigenvalue weighted by atomic mass is 10.1. The van der Waals surface area contributed by atoms with Crippen LogP contribution in [0.2, 0.25) is 5.15 Å². The first-order valence-corrected chi connectivity index (χ1v) is 11.8. The van der Waals surface area contributed by atoms with Crippen molar-refractivity contribution in [3.05, 3.63) is 82.5 Å². The first-order chi connectivity index (χ1) is 15.1. The quantitative estimate of drug-likeness (QED) is 0.258. The number of nitrogens with zero attached hydrogens (tertiary/aromatic N) is 3. The lowest BCUT2D eigenvalue weighted by molar-refractivity contribution is 0.0954. The molecule has 0 fully saturated rings. The molecular weight excluding hydrogens is 428 g/mol. The van der Waals surface area contributed by atoms with Crippen molar-refractivity contribution in [1.29, 1.82) is 0 Å². The third-order valence-corrected chi connectivity index (χ3v) is 5.99. The van der Waals surface area contributed by atoms with Crippen LogP contribution in [0.3, 0.4) is 0 Å². The number of aromatic nitrogens is 2. The first kappa shape index (κ1) is 23.1. The second kappa shape index (κ2) is 11.7. The highest BCUT2D eigenvalue weighted by Crippen LogP contribution is 2.24. The molecule has 5 nitrogen and oxygen atoms in total. The standard InChI is InChI=1S/C24H27ClN4OS/c1-3-29(4-2)22-16-21(25)27-24(28-22)31-17-19-10-12-20(13-11-19)23(30)26-15-14-18-8-6-5-7-9-18/h5-13,16H,3-4,14-15,17H2,1-2H3,(H,26,30). The fourth-order valence-corrected chi connectivity index (χ4v) is 4.16. The van der Waals surface area contributed by atoms with Crippen LogP contribution in [-0.2, 0) is 12.2 Å². The van der Waals surface area contributed by atoms with Gasteiger partial charge in [-0.15, -0.1) is 0 Å². The number of anilines is 1. The minimum absolute atomic E-state index is 0.0582. The monoisotopic (exact) mass is 454 g/mol. The summed E-state index contributed by atoms with van der Waals surface area (Å²) in [5.41, 5.74) is 2.96. The molecule has 7 heteroatoms. The molecule has 1 heterocycles. The fourth-order valence-electron chi connectivity index (χ4n) is 3.13. The van der Waals surface area contributed by atoms with E-state index >= 15 is 0 Å². The van der Waals surface area contributed by atoms with Gasteiger partial charge in [0.15, 0.2) is 5.16 Å². The summed E-state index contributed by atoms with van der Waals surface area (Å²) in [6.07, 6.45) is 0.816. The zero-order valence-electron chi connectivity index (χ0n) is 17.8. The van der Waals surface area contributed by atoms with Crippen LogP contribution in [0, 0.1) is 0 Å². The van der Waals surface area contributed by atoms with Gasteiger partial charge < -0.3 is 10.2 Å². The average molecular weight is 455 g/mol. The van der Waals surface area contributed by atoms with Crippen LogP contribution in [0.5, 0.6) is 0 Å². The van der Waals surface area contributed by atoms with Crippen LogP contribution in [-0.4, -0.2) is 35.5 Å². The van der Waals surface area contributed by atoms with Crippen molar-refractivity contribution in [2.45, 2.75) is 31.2 Å². The van der Waals surface area contributed by atoms with Gasteiger partial charge >= 0.3 is 0 Å². The number of rotatable bonds is 10. The van der Waals surface area contributed by atoms with Gasteiger partial charge in [0.25, 0.3) is 5.91 Å². The Balaban J connectivity index is 1.53. The third kappa shape index (κ3) is 6.97. The Hall–Kier alpha value is -2.57. The zero-order chi connectivity index (χ0) is 22.1. The highest BCUT2D eigenvalue weighted by atomic mass is 35.5. The second-order valence-corrected chi connectivity index (χ2v) is 8.31. The van der Waals surface area contributed by atoms with Gasteiger partial charge in [-0.3, -0.25) is 4.79 Å². The fraction of sp³-hybridized carbons (Fsp3) is 0.292. The van der Waals surface area contributed by atoms with Crippen LogP contribution in [0.25, 0.3) is 0 Å². The van der Waals surface area contributed by atoms with E-state index in [1.54, 1.807) is 6.07 Å². The number of thioether (sulfide) groups is 1. The Morgan fingerprint density at radius 3 is 2.39 bits per heavy atom. The minimum Gasteiger partial charge on any atom is -0.357 e. The van der Waals surface area contributed by atoms with Crippen LogP contribution in [0.4, 0.5) is 5.82 Å². The maximum atomic E-state index is 12.4. The first-order valence-electron chi connectivity index (χ1n) is 10.4. The summed E-state index contributed by atoms with van der Waals surface area (Å²) in [5, 5.41) is 4.07. The molecule has 0 aliphatic carbocycles. The molecule has 0 radical (unpaired) electrons. The molecule has 0 unspecified atom stereocenters. The third-order valence-electron chi connectivity index (χ3n) is 4.87. The molecule has 1 aromatic heterocycles. The molecule has 0 bridgehead atoms. The molecule has 1 amide bonds. The Kier molecular flexibility index (Phi) is 8.74. The topological polar surface area (TPSA) is 58.1 Å². The number of nitrogens with one attached hydrogen (secondary N) is 1. The maximum Gasteiger partial charge on any atom is 0.251 e. The van der Waals surface area contributed by atoms with E-state index in [1.165, 1.54) is 17.3 Å². The highest BCUT2D eigenvalue weighted by molar-refractivity contribution is 7.98. The molecule has 1 N–H and O–H groups in total. The van der Waals surface area contributed by atoms with Crippen molar-refractivity contribution in [3.8, 4) is 0 Å². The summed E-state index contributed by atoms with van der Waals surface area (Å²) < 4.78 is 0. The summed E-state index contributed by atoms with van der Waals surface area (Å²) in [6, 6.07) is 19.6. The summed E-state index contributed by atoms with van der Waals surface area (Å²) in [5.74, 6) is 1.49. The number of hydrogen-bond acceptors (Lipinski definition) is 5. The largest absolute Gasteiger partial charge is 0.357 e. The molecule has 0 aliphatic rings. The molecule has 3 aromatic rings. The average Bonchev–Trinajstić information content (AvgIpc) is 2.79. The van der Waals surface area contributed by atoms with Gasteiger partial charge in [0.05, 0.1) is 0 Å². The van der Waals surface area contributed by atoms with E-state index in [2.05, 4.69) is 46.2 Å². The number of hydrogen-bond donors (Lipinski definition) is 1. The molecule has 0 saturated heterocycles. The lowest BCUT2D eigenvalue weighted by Crippen LogP contribution is -2.25. The Bertz CT molecular complexity index is 979. The van der Waals surface area contributed by atoms with Crippen molar-refractivity contribution >= 4 is 35.1 Å². The molecule has 162 valence electrons. The Labute approximate surface area is 193 Å². The van der Waals surface area contributed by atoms with Crippen LogP contribution in [0.1, 0.15) is 35.3 Å². The van der Waals surface area contributed by atoms with Crippen LogP contribution >= 0.6 is 23.4 Å². The van der Waals surface area contributed by atoms with E-state index in [9.17, 15) is 4.79 Å². The smallest absolute Gasteiger partial charge is 0.251 e. The van der Waals surface area contributed by atoms with E-state index in [-0.39, 0.29) is 5.91 Å². The van der Waals surface area contributed by atoms with Crippen molar-refractivity contribution in [1.82, 2.24) is 15.3 Å². The number of carbonyl (C=O) groups is 1. The lowest BCUT2D eigenvalue weighted by Gasteiger charge is -2.20. The summed E-state index contributed by atoms with van der Waals surface area (Å²) in [6.45, 7) is 6.52. The van der Waals surface area contributed by atoms with E-state index in [1.807, 2.05) is 42.5 Å². The number of benzene rings is 2. The van der Waals surface area contributed by atoms with Crippen molar-refractivity contribution in [3.63, 3.8) is 0 Å². The minimum atomic E-state index is -0.0582.